The van der Waals surface area contributed by atoms with Crippen LogP contribution in [0.25, 0.3) is 0 Å². The van der Waals surface area contributed by atoms with Gasteiger partial charge >= 0.3 is 5.97 Å². The van der Waals surface area contributed by atoms with E-state index in [0.29, 0.717) is 18.7 Å². The number of hydrogen-bond acceptors (Lipinski definition) is 3. The Labute approximate surface area is 216 Å². The molecule has 1 saturated heterocycles. The zero-order valence-electron chi connectivity index (χ0n) is 21.3. The summed E-state index contributed by atoms with van der Waals surface area (Å²) in [5.41, 5.74) is 3.59. The molecule has 6 heteroatoms. The van der Waals surface area contributed by atoms with Gasteiger partial charge in [-0.25, -0.2) is 0 Å². The number of carbonyl (C=O) groups excluding carboxylic acids is 1. The van der Waals surface area contributed by atoms with Crippen molar-refractivity contribution in [3.8, 4) is 0 Å². The van der Waals surface area contributed by atoms with Crippen LogP contribution in [0.2, 0.25) is 5.02 Å². The highest BCUT2D eigenvalue weighted by Crippen LogP contribution is 2.48. The molecule has 4 rings (SSSR count). The number of rotatable bonds is 4. The highest BCUT2D eigenvalue weighted by Gasteiger charge is 2.49. The van der Waals surface area contributed by atoms with Gasteiger partial charge < -0.3 is 17.1 Å². The monoisotopic (exact) mass is 504 g/mol. The number of fused-ring (bicyclic) bond motifs is 1. The average molecular weight is 506 g/mol. The van der Waals surface area contributed by atoms with Gasteiger partial charge in [-0.2, -0.15) is 0 Å². The predicted octanol–water partition coefficient (Wildman–Crippen LogP) is 3.01. The summed E-state index contributed by atoms with van der Waals surface area (Å²) < 4.78 is 6.51. The first-order valence-electron chi connectivity index (χ1n) is 12.0. The topological polar surface area (TPSA) is 29.5 Å². The van der Waals surface area contributed by atoms with Gasteiger partial charge in [0.2, 0.25) is 6.73 Å². The number of nitrogens with zero attached hydrogens (tertiary/aromatic N) is 2. The molecular formula is C28H38Cl2N2O2. The van der Waals surface area contributed by atoms with Crippen LogP contribution in [0.4, 0.5) is 0 Å². The molecule has 2 aromatic carbocycles. The van der Waals surface area contributed by atoms with E-state index in [-0.39, 0.29) is 23.9 Å². The van der Waals surface area contributed by atoms with E-state index in [2.05, 4.69) is 68.3 Å². The van der Waals surface area contributed by atoms with Crippen LogP contribution in [0, 0.1) is 5.41 Å². The van der Waals surface area contributed by atoms with Gasteiger partial charge in [-0.1, -0.05) is 48.0 Å². The quantitative estimate of drug-likeness (QED) is 0.473. The first-order valence-corrected chi connectivity index (χ1v) is 12.4. The fraction of sp³-hybridized carbons (Fsp3) is 0.536. The molecule has 34 heavy (non-hydrogen) atoms. The predicted molar refractivity (Wildman–Crippen MR) is 134 cm³/mol. The highest BCUT2D eigenvalue weighted by molar-refractivity contribution is 6.30. The number of quaternary nitrogens is 1. The van der Waals surface area contributed by atoms with Crippen LogP contribution in [0.3, 0.4) is 0 Å². The number of esters is 1. The van der Waals surface area contributed by atoms with Crippen molar-refractivity contribution in [1.29, 1.82) is 0 Å². The summed E-state index contributed by atoms with van der Waals surface area (Å²) >= 11 is 6.46. The van der Waals surface area contributed by atoms with Crippen LogP contribution in [-0.2, 0) is 9.53 Å². The summed E-state index contributed by atoms with van der Waals surface area (Å²) in [5, 5.41) is 0.804. The van der Waals surface area contributed by atoms with Gasteiger partial charge in [-0.05, 0) is 69.9 Å². The lowest BCUT2D eigenvalue weighted by atomic mass is 9.92. The zero-order valence-corrected chi connectivity index (χ0v) is 22.8. The molecule has 2 aliphatic rings. The van der Waals surface area contributed by atoms with Crippen LogP contribution in [0.5, 0.6) is 0 Å². The lowest BCUT2D eigenvalue weighted by Gasteiger charge is -2.54. The molecule has 3 atom stereocenters. The molecular weight excluding hydrogens is 467 g/mol. The molecule has 4 nitrogen and oxygen atoms in total. The molecule has 0 radical (unpaired) electrons. The molecule has 0 bridgehead atoms. The van der Waals surface area contributed by atoms with E-state index in [0.717, 1.165) is 35.6 Å². The first-order chi connectivity index (χ1) is 15.4. The van der Waals surface area contributed by atoms with Crippen LogP contribution in [-0.4, -0.2) is 54.3 Å². The summed E-state index contributed by atoms with van der Waals surface area (Å²) in [5.74, 6) is 0.257. The van der Waals surface area contributed by atoms with Crippen molar-refractivity contribution in [2.24, 2.45) is 5.41 Å². The highest BCUT2D eigenvalue weighted by atomic mass is 35.5. The number of hydrogen-bond donors (Lipinski definition) is 0. The maximum Gasteiger partial charge on any atom is 0.315 e. The molecule has 0 aromatic heterocycles. The Bertz CT molecular complexity index is 1020. The third-order valence-electron chi connectivity index (χ3n) is 7.91. The fourth-order valence-electron chi connectivity index (χ4n) is 5.30. The Balaban J connectivity index is 0.00000324. The second-order valence-corrected chi connectivity index (χ2v) is 12.1. The van der Waals surface area contributed by atoms with E-state index in [1.165, 1.54) is 16.7 Å². The van der Waals surface area contributed by atoms with Gasteiger partial charge in [0.25, 0.3) is 0 Å². The lowest BCUT2D eigenvalue weighted by molar-refractivity contribution is -0.974. The van der Waals surface area contributed by atoms with Crippen molar-refractivity contribution in [3.05, 3.63) is 70.2 Å². The van der Waals surface area contributed by atoms with Gasteiger partial charge in [-0.3, -0.25) is 14.2 Å². The van der Waals surface area contributed by atoms with Crippen LogP contribution >= 0.6 is 11.6 Å². The number of piperazine rings is 1. The Morgan fingerprint density at radius 2 is 1.82 bits per heavy atom. The maximum atomic E-state index is 12.4. The molecule has 1 heterocycles. The second kappa shape index (κ2) is 9.81. The van der Waals surface area contributed by atoms with Crippen molar-refractivity contribution >= 4 is 17.6 Å². The number of ether oxygens (including phenoxy) is 1. The first kappa shape index (κ1) is 27.0. The molecule has 1 aliphatic carbocycles. The summed E-state index contributed by atoms with van der Waals surface area (Å²) in [7, 11) is 2.22. The van der Waals surface area contributed by atoms with E-state index in [4.69, 9.17) is 16.3 Å². The van der Waals surface area contributed by atoms with Crippen LogP contribution < -0.4 is 12.4 Å². The van der Waals surface area contributed by atoms with Crippen molar-refractivity contribution < 1.29 is 26.4 Å². The molecule has 2 aromatic rings. The second-order valence-electron chi connectivity index (χ2n) is 11.7. The molecule has 0 unspecified atom stereocenters. The minimum Gasteiger partial charge on any atom is -1.00 e. The third kappa shape index (κ3) is 5.16. The molecule has 0 spiro atoms. The zero-order chi connectivity index (χ0) is 24.0. The van der Waals surface area contributed by atoms with Gasteiger partial charge in [-0.15, -0.1) is 0 Å². The lowest BCUT2D eigenvalue weighted by Crippen LogP contribution is -3.00. The summed E-state index contributed by atoms with van der Waals surface area (Å²) in [6.45, 7) is 13.6. The third-order valence-corrected chi connectivity index (χ3v) is 8.15. The summed E-state index contributed by atoms with van der Waals surface area (Å²) in [4.78, 5) is 15.0. The average Bonchev–Trinajstić information content (AvgIpc) is 3.12. The van der Waals surface area contributed by atoms with Crippen molar-refractivity contribution in [1.82, 2.24) is 4.90 Å². The summed E-state index contributed by atoms with van der Waals surface area (Å²) in [6, 6.07) is 17.6. The number of halogens is 2. The van der Waals surface area contributed by atoms with E-state index in [1.54, 1.807) is 0 Å². The summed E-state index contributed by atoms with van der Waals surface area (Å²) in [6.07, 6.45) is 1.07. The van der Waals surface area contributed by atoms with E-state index >= 15 is 0 Å². The van der Waals surface area contributed by atoms with Crippen molar-refractivity contribution in [3.63, 3.8) is 0 Å². The number of likely N-dealkylation sites (N-methyl/N-ethyl adjacent to an activating group) is 1. The standard InChI is InChI=1S/C28H38ClN2O2.ClH/c1-27(2,3)26(32)33-19-31(6)15-14-30(18-28(31,4)5)25-17-23(20-10-8-7-9-11-20)22-13-12-21(29)16-24(22)25;/h7-13,16,23,25H,14-15,17-19H2,1-6H3;1H/q+1;/p-1/t23-,25+,31-;/m0./s1. The van der Waals surface area contributed by atoms with E-state index in [9.17, 15) is 4.79 Å². The smallest absolute Gasteiger partial charge is 0.315 e. The molecule has 0 saturated carbocycles. The molecule has 0 N–H and O–H groups in total. The van der Waals surface area contributed by atoms with Gasteiger partial charge in [0.15, 0.2) is 0 Å². The van der Waals surface area contributed by atoms with Gasteiger partial charge in [0, 0.05) is 23.5 Å². The Morgan fingerprint density at radius 1 is 1.15 bits per heavy atom. The maximum absolute atomic E-state index is 12.4. The largest absolute Gasteiger partial charge is 1.00 e. The Hall–Kier alpha value is -1.59. The van der Waals surface area contributed by atoms with Gasteiger partial charge in [0.1, 0.15) is 5.54 Å². The van der Waals surface area contributed by atoms with E-state index < -0.39 is 5.41 Å². The Kier molecular flexibility index (Phi) is 7.79. The van der Waals surface area contributed by atoms with Crippen LogP contribution in [0.1, 0.15) is 69.7 Å². The van der Waals surface area contributed by atoms with Crippen molar-refractivity contribution in [2.45, 2.75) is 58.5 Å². The SMILES string of the molecule is CC(C)(C)C(=O)OC[N@+]1(C)CCN([C@@H]2C[C@@H](c3ccccc3)c3ccc(Cl)cc32)CC1(C)C.[Cl-]. The van der Waals surface area contributed by atoms with E-state index in [1.807, 2.05) is 26.8 Å². The van der Waals surface area contributed by atoms with Gasteiger partial charge in [0.05, 0.1) is 25.6 Å². The molecule has 0 amide bonds. The molecule has 1 fully saturated rings. The number of benzene rings is 2. The minimum atomic E-state index is -0.482. The normalized spacial score (nSPS) is 26.4. The van der Waals surface area contributed by atoms with Crippen molar-refractivity contribution in [2.75, 3.05) is 33.4 Å². The Morgan fingerprint density at radius 3 is 2.44 bits per heavy atom. The van der Waals surface area contributed by atoms with Crippen LogP contribution in [0.15, 0.2) is 48.5 Å². The minimum absolute atomic E-state index is 0. The molecule has 1 aliphatic heterocycles. The molecule has 186 valence electrons. The number of carbonyl (C=O) groups is 1. The fourth-order valence-corrected chi connectivity index (χ4v) is 5.48.